The summed E-state index contributed by atoms with van der Waals surface area (Å²) in [4.78, 5) is 25.4. The van der Waals surface area contributed by atoms with Gasteiger partial charge in [-0.3, -0.25) is 0 Å². The largest absolute Gasteiger partial charge is 0.480 e. The SMILES string of the molecule is CCC1CCCN1C(=O)NC(C)(C(=O)O)C1CC1. The van der Waals surface area contributed by atoms with Gasteiger partial charge in [-0.05, 0) is 44.9 Å². The lowest BCUT2D eigenvalue weighted by molar-refractivity contribution is -0.144. The Morgan fingerprint density at radius 3 is 2.56 bits per heavy atom. The molecule has 1 aliphatic carbocycles. The highest BCUT2D eigenvalue weighted by atomic mass is 16.4. The monoisotopic (exact) mass is 254 g/mol. The summed E-state index contributed by atoms with van der Waals surface area (Å²) >= 11 is 0. The molecule has 2 aliphatic rings. The molecule has 2 unspecified atom stereocenters. The third-order valence-electron chi connectivity index (χ3n) is 4.31. The van der Waals surface area contributed by atoms with E-state index in [1.54, 1.807) is 11.8 Å². The third kappa shape index (κ3) is 2.31. The van der Waals surface area contributed by atoms with E-state index in [9.17, 15) is 14.7 Å². The topological polar surface area (TPSA) is 69.6 Å². The van der Waals surface area contributed by atoms with Gasteiger partial charge < -0.3 is 15.3 Å². The van der Waals surface area contributed by atoms with E-state index in [1.165, 1.54) is 0 Å². The molecule has 0 aromatic carbocycles. The van der Waals surface area contributed by atoms with Gasteiger partial charge in [-0.25, -0.2) is 9.59 Å². The number of urea groups is 1. The summed E-state index contributed by atoms with van der Waals surface area (Å²) in [5, 5.41) is 12.1. The van der Waals surface area contributed by atoms with Gasteiger partial charge in [-0.1, -0.05) is 6.92 Å². The van der Waals surface area contributed by atoms with Crippen molar-refractivity contribution in [2.45, 2.75) is 57.5 Å². The van der Waals surface area contributed by atoms with Crippen LogP contribution in [0.3, 0.4) is 0 Å². The van der Waals surface area contributed by atoms with E-state index < -0.39 is 11.5 Å². The summed E-state index contributed by atoms with van der Waals surface area (Å²) in [6, 6.07) is 0.0541. The number of likely N-dealkylation sites (tertiary alicyclic amines) is 1. The first kappa shape index (κ1) is 13.2. The molecule has 0 bridgehead atoms. The van der Waals surface area contributed by atoms with Gasteiger partial charge in [0.15, 0.2) is 0 Å². The Kier molecular flexibility index (Phi) is 3.50. The summed E-state index contributed by atoms with van der Waals surface area (Å²) in [5.41, 5.74) is -1.10. The summed E-state index contributed by atoms with van der Waals surface area (Å²) in [6.45, 7) is 4.43. The molecule has 0 aromatic heterocycles. The van der Waals surface area contributed by atoms with Gasteiger partial charge in [-0.15, -0.1) is 0 Å². The first-order chi connectivity index (χ1) is 8.49. The van der Waals surface area contributed by atoms with Crippen LogP contribution in [-0.4, -0.2) is 40.1 Å². The molecule has 5 heteroatoms. The predicted molar refractivity (Wildman–Crippen MR) is 67.3 cm³/mol. The highest BCUT2D eigenvalue weighted by molar-refractivity contribution is 5.86. The van der Waals surface area contributed by atoms with E-state index in [0.717, 1.165) is 38.6 Å². The van der Waals surface area contributed by atoms with Crippen molar-refractivity contribution in [3.05, 3.63) is 0 Å². The number of carbonyl (C=O) groups excluding carboxylic acids is 1. The Bertz CT molecular complexity index is 354. The highest BCUT2D eigenvalue weighted by Crippen LogP contribution is 2.40. The fourth-order valence-electron chi connectivity index (χ4n) is 2.81. The summed E-state index contributed by atoms with van der Waals surface area (Å²) in [5.74, 6) is -0.841. The number of hydrogen-bond donors (Lipinski definition) is 2. The van der Waals surface area contributed by atoms with Crippen molar-refractivity contribution in [2.24, 2.45) is 5.92 Å². The molecule has 1 aliphatic heterocycles. The van der Waals surface area contributed by atoms with Gasteiger partial charge in [0.25, 0.3) is 0 Å². The average Bonchev–Trinajstić information content (AvgIpc) is 3.07. The molecular weight excluding hydrogens is 232 g/mol. The fourth-order valence-corrected chi connectivity index (χ4v) is 2.81. The smallest absolute Gasteiger partial charge is 0.329 e. The van der Waals surface area contributed by atoms with Crippen LogP contribution in [0.15, 0.2) is 0 Å². The maximum atomic E-state index is 12.2. The molecule has 18 heavy (non-hydrogen) atoms. The van der Waals surface area contributed by atoms with Crippen LogP contribution in [0.2, 0.25) is 0 Å². The summed E-state index contributed by atoms with van der Waals surface area (Å²) in [7, 11) is 0. The highest BCUT2D eigenvalue weighted by Gasteiger charge is 2.49. The van der Waals surface area contributed by atoms with Crippen LogP contribution < -0.4 is 5.32 Å². The number of nitrogens with one attached hydrogen (secondary N) is 1. The first-order valence-corrected chi connectivity index (χ1v) is 6.81. The van der Waals surface area contributed by atoms with Gasteiger partial charge in [0, 0.05) is 12.6 Å². The predicted octanol–water partition coefficient (Wildman–Crippen LogP) is 1.82. The number of carboxylic acids is 1. The van der Waals surface area contributed by atoms with Crippen molar-refractivity contribution in [1.82, 2.24) is 10.2 Å². The maximum absolute atomic E-state index is 12.2. The lowest BCUT2D eigenvalue weighted by atomic mass is 9.96. The summed E-state index contributed by atoms with van der Waals surface area (Å²) < 4.78 is 0. The van der Waals surface area contributed by atoms with Crippen molar-refractivity contribution >= 4 is 12.0 Å². The third-order valence-corrected chi connectivity index (χ3v) is 4.31. The van der Waals surface area contributed by atoms with Crippen LogP contribution in [0, 0.1) is 5.92 Å². The minimum atomic E-state index is -1.10. The van der Waals surface area contributed by atoms with Crippen LogP contribution in [0.1, 0.15) is 46.0 Å². The number of carboxylic acid groups (broad SMARTS) is 1. The van der Waals surface area contributed by atoms with Crippen molar-refractivity contribution in [3.8, 4) is 0 Å². The molecule has 102 valence electrons. The first-order valence-electron chi connectivity index (χ1n) is 6.81. The molecule has 2 atom stereocenters. The molecule has 2 fully saturated rings. The van der Waals surface area contributed by atoms with Gasteiger partial charge in [-0.2, -0.15) is 0 Å². The minimum Gasteiger partial charge on any atom is -0.480 e. The van der Waals surface area contributed by atoms with E-state index >= 15 is 0 Å². The fraction of sp³-hybridized carbons (Fsp3) is 0.846. The van der Waals surface area contributed by atoms with Crippen LogP contribution >= 0.6 is 0 Å². The maximum Gasteiger partial charge on any atom is 0.329 e. The van der Waals surface area contributed by atoms with E-state index in [-0.39, 0.29) is 18.0 Å². The van der Waals surface area contributed by atoms with Crippen molar-refractivity contribution < 1.29 is 14.7 Å². The van der Waals surface area contributed by atoms with E-state index in [2.05, 4.69) is 12.2 Å². The van der Waals surface area contributed by atoms with Crippen molar-refractivity contribution in [2.75, 3.05) is 6.54 Å². The van der Waals surface area contributed by atoms with E-state index in [4.69, 9.17) is 0 Å². The molecule has 2 amide bonds. The van der Waals surface area contributed by atoms with Crippen LogP contribution in [0.25, 0.3) is 0 Å². The van der Waals surface area contributed by atoms with Crippen LogP contribution in [0.5, 0.6) is 0 Å². The van der Waals surface area contributed by atoms with E-state index in [1.807, 2.05) is 0 Å². The van der Waals surface area contributed by atoms with Crippen molar-refractivity contribution in [3.63, 3.8) is 0 Å². The lowest BCUT2D eigenvalue weighted by Gasteiger charge is -2.31. The second-order valence-electron chi connectivity index (χ2n) is 5.61. The zero-order chi connectivity index (χ0) is 13.3. The number of rotatable bonds is 4. The normalized spacial score (nSPS) is 26.8. The molecule has 0 radical (unpaired) electrons. The molecular formula is C13H22N2O3. The Morgan fingerprint density at radius 2 is 2.06 bits per heavy atom. The molecule has 2 rings (SSSR count). The lowest BCUT2D eigenvalue weighted by Crippen LogP contribution is -2.58. The van der Waals surface area contributed by atoms with E-state index in [0.29, 0.717) is 0 Å². The molecule has 1 saturated carbocycles. The number of amides is 2. The second-order valence-corrected chi connectivity index (χ2v) is 5.61. The molecule has 1 heterocycles. The average molecular weight is 254 g/mol. The minimum absolute atomic E-state index is 0.0848. The number of nitrogens with zero attached hydrogens (tertiary/aromatic N) is 1. The Labute approximate surface area is 108 Å². The number of aliphatic carboxylic acids is 1. The zero-order valence-corrected chi connectivity index (χ0v) is 11.1. The molecule has 2 N–H and O–H groups in total. The Balaban J connectivity index is 2.03. The van der Waals surface area contributed by atoms with Crippen LogP contribution in [-0.2, 0) is 4.79 Å². The second kappa shape index (κ2) is 4.78. The van der Waals surface area contributed by atoms with Gasteiger partial charge in [0.05, 0.1) is 0 Å². The quantitative estimate of drug-likeness (QED) is 0.804. The standard InChI is InChI=1S/C13H22N2O3/c1-3-10-5-4-8-15(10)12(18)14-13(2,11(16)17)9-6-7-9/h9-10H,3-8H2,1-2H3,(H,14,18)(H,16,17). The van der Waals surface area contributed by atoms with Crippen LogP contribution in [0.4, 0.5) is 4.79 Å². The number of hydrogen-bond acceptors (Lipinski definition) is 2. The van der Waals surface area contributed by atoms with Gasteiger partial charge in [0.2, 0.25) is 0 Å². The van der Waals surface area contributed by atoms with Gasteiger partial charge in [0.1, 0.15) is 5.54 Å². The Hall–Kier alpha value is -1.26. The molecule has 0 aromatic rings. The number of carbonyl (C=O) groups is 2. The molecule has 0 spiro atoms. The Morgan fingerprint density at radius 1 is 1.39 bits per heavy atom. The molecule has 1 saturated heterocycles. The summed E-state index contributed by atoms with van der Waals surface area (Å²) in [6.07, 6.45) is 4.75. The van der Waals surface area contributed by atoms with Crippen molar-refractivity contribution in [1.29, 1.82) is 0 Å². The molecule has 5 nitrogen and oxygen atoms in total. The van der Waals surface area contributed by atoms with Gasteiger partial charge >= 0.3 is 12.0 Å². The zero-order valence-electron chi connectivity index (χ0n) is 11.1.